The van der Waals surface area contributed by atoms with Gasteiger partial charge in [0.1, 0.15) is 18.0 Å². The third-order valence-electron chi connectivity index (χ3n) is 4.04. The van der Waals surface area contributed by atoms with Gasteiger partial charge in [-0.05, 0) is 55.8 Å². The predicted molar refractivity (Wildman–Crippen MR) is 121 cm³/mol. The fourth-order valence-corrected chi connectivity index (χ4v) is 2.88. The van der Waals surface area contributed by atoms with Gasteiger partial charge in [0, 0.05) is 0 Å². The van der Waals surface area contributed by atoms with Crippen LogP contribution in [0.3, 0.4) is 0 Å². The number of ether oxygens (including phenoxy) is 3. The van der Waals surface area contributed by atoms with Crippen LogP contribution >= 0.6 is 12.2 Å². The summed E-state index contributed by atoms with van der Waals surface area (Å²) in [7, 11) is 1.61. The van der Waals surface area contributed by atoms with Crippen molar-refractivity contribution < 1.29 is 23.5 Å². The first-order chi connectivity index (χ1) is 14.8. The molecule has 0 aliphatic heterocycles. The molecule has 1 heterocycles. The van der Waals surface area contributed by atoms with E-state index in [0.29, 0.717) is 5.69 Å². The largest absolute Gasteiger partial charge is 0.497 e. The molecule has 0 unspecified atom stereocenters. The Bertz CT molecular complexity index is 1030. The normalized spacial score (nSPS) is 11.0. The van der Waals surface area contributed by atoms with Gasteiger partial charge in [-0.15, -0.1) is 0 Å². The number of hydrogen-bond donors (Lipinski definition) is 0. The van der Waals surface area contributed by atoms with Crippen LogP contribution in [0.1, 0.15) is 32.1 Å². The highest BCUT2D eigenvalue weighted by molar-refractivity contribution is 7.81. The number of amides is 1. The van der Waals surface area contributed by atoms with Gasteiger partial charge in [0.2, 0.25) is 0 Å². The topological polar surface area (TPSA) is 74.0 Å². The first-order valence-electron chi connectivity index (χ1n) is 9.62. The Balaban J connectivity index is 1.75. The molecular weight excluding hydrogens is 416 g/mol. The van der Waals surface area contributed by atoms with Crippen molar-refractivity contribution in [3.8, 4) is 11.6 Å². The second kappa shape index (κ2) is 9.61. The molecule has 1 aromatic heterocycles. The summed E-state index contributed by atoms with van der Waals surface area (Å²) in [5.74, 6) is 1.24. The van der Waals surface area contributed by atoms with Crippen LogP contribution in [0.15, 0.2) is 65.2 Å². The number of benzene rings is 2. The highest BCUT2D eigenvalue weighted by Gasteiger charge is 2.29. The Hall–Kier alpha value is -3.39. The summed E-state index contributed by atoms with van der Waals surface area (Å²) in [5, 5.41) is 3.91. The van der Waals surface area contributed by atoms with Gasteiger partial charge in [0.25, 0.3) is 5.88 Å². The summed E-state index contributed by atoms with van der Waals surface area (Å²) in [6.45, 7) is 5.65. The summed E-state index contributed by atoms with van der Waals surface area (Å²) in [4.78, 5) is 14.2. The number of hydrogen-bond acceptors (Lipinski definition) is 7. The van der Waals surface area contributed by atoms with E-state index in [0.717, 1.165) is 11.3 Å². The first kappa shape index (κ1) is 22.3. The Morgan fingerprint density at radius 1 is 1.10 bits per heavy atom. The first-order valence-corrected chi connectivity index (χ1v) is 10.0. The number of anilines is 1. The number of rotatable bonds is 6. The third kappa shape index (κ3) is 6.05. The lowest BCUT2D eigenvalue weighted by atomic mass is 10.2. The van der Waals surface area contributed by atoms with E-state index in [-0.39, 0.29) is 23.2 Å². The molecule has 0 aliphatic rings. The zero-order chi connectivity index (χ0) is 22.4. The zero-order valence-electron chi connectivity index (χ0n) is 17.8. The van der Waals surface area contributed by atoms with Crippen LogP contribution in [0.2, 0.25) is 0 Å². The van der Waals surface area contributed by atoms with Gasteiger partial charge >= 0.3 is 6.09 Å². The maximum Gasteiger partial charge on any atom is 0.420 e. The molecule has 2 aromatic carbocycles. The summed E-state index contributed by atoms with van der Waals surface area (Å²) in [6.07, 6.45) is -0.610. The van der Waals surface area contributed by atoms with Crippen molar-refractivity contribution in [3.05, 3.63) is 72.0 Å². The number of aromatic nitrogens is 1. The molecule has 0 saturated carbocycles. The summed E-state index contributed by atoms with van der Waals surface area (Å²) in [6, 6.07) is 18.0. The molecule has 31 heavy (non-hydrogen) atoms. The fourth-order valence-electron chi connectivity index (χ4n) is 2.61. The number of methoxy groups -OCH3 is 1. The number of para-hydroxylation sites is 1. The van der Waals surface area contributed by atoms with Crippen molar-refractivity contribution in [2.45, 2.75) is 33.0 Å². The van der Waals surface area contributed by atoms with Gasteiger partial charge in [0.05, 0.1) is 18.9 Å². The van der Waals surface area contributed by atoms with E-state index in [1.807, 2.05) is 30.3 Å². The number of carbonyl (C=O) groups is 1. The molecule has 1 amide bonds. The minimum Gasteiger partial charge on any atom is -0.497 e. The van der Waals surface area contributed by atoms with Crippen LogP contribution in [0.4, 0.5) is 10.5 Å². The van der Waals surface area contributed by atoms with Crippen LogP contribution in [0.5, 0.6) is 11.6 Å². The van der Waals surface area contributed by atoms with E-state index >= 15 is 0 Å². The molecule has 3 rings (SSSR count). The maximum absolute atomic E-state index is 12.9. The Kier molecular flexibility index (Phi) is 6.91. The van der Waals surface area contributed by atoms with Crippen LogP contribution in [0.25, 0.3) is 0 Å². The van der Waals surface area contributed by atoms with Crippen LogP contribution < -0.4 is 14.4 Å². The van der Waals surface area contributed by atoms with Gasteiger partial charge < -0.3 is 18.7 Å². The molecule has 0 radical (unpaired) electrons. The average molecular weight is 441 g/mol. The quantitative estimate of drug-likeness (QED) is 0.477. The molecular formula is C23H24N2O5S. The SMILES string of the molecule is COc1ccc(COc2cc(C(=S)N(C(=O)OC(C)(C)C)c3ccccc3)on2)cc1. The molecule has 0 saturated heterocycles. The zero-order valence-corrected chi connectivity index (χ0v) is 18.6. The fraction of sp³-hybridized carbons (Fsp3) is 0.261. The maximum atomic E-state index is 12.9. The minimum absolute atomic E-state index is 0.118. The highest BCUT2D eigenvalue weighted by atomic mass is 32.1. The second-order valence-electron chi connectivity index (χ2n) is 7.62. The number of nitrogens with zero attached hydrogens (tertiary/aromatic N) is 2. The molecule has 0 bridgehead atoms. The summed E-state index contributed by atoms with van der Waals surface area (Å²) < 4.78 is 21.7. The van der Waals surface area contributed by atoms with Gasteiger partial charge in [-0.3, -0.25) is 0 Å². The standard InChI is InChI=1S/C23H24N2O5S/c1-23(2,3)29-22(26)25(17-8-6-5-7-9-17)21(31)19-14-20(24-30-19)28-15-16-10-12-18(27-4)13-11-16/h5-14H,15H2,1-4H3. The Labute approximate surface area is 186 Å². The van der Waals surface area contributed by atoms with Gasteiger partial charge in [-0.1, -0.05) is 42.5 Å². The molecule has 8 heteroatoms. The van der Waals surface area contributed by atoms with E-state index in [1.165, 1.54) is 4.90 Å². The van der Waals surface area contributed by atoms with Crippen LogP contribution in [0, 0.1) is 0 Å². The molecule has 0 spiro atoms. The van der Waals surface area contributed by atoms with Crippen molar-refractivity contribution in [1.29, 1.82) is 0 Å². The minimum atomic E-state index is -0.687. The molecule has 7 nitrogen and oxygen atoms in total. The second-order valence-corrected chi connectivity index (χ2v) is 8.01. The van der Waals surface area contributed by atoms with E-state index in [2.05, 4.69) is 5.16 Å². The summed E-state index contributed by atoms with van der Waals surface area (Å²) >= 11 is 5.53. The molecule has 3 aromatic rings. The van der Waals surface area contributed by atoms with Crippen molar-refractivity contribution in [2.24, 2.45) is 0 Å². The lowest BCUT2D eigenvalue weighted by Gasteiger charge is -2.26. The van der Waals surface area contributed by atoms with Crippen molar-refractivity contribution in [1.82, 2.24) is 5.16 Å². The third-order valence-corrected chi connectivity index (χ3v) is 4.42. The van der Waals surface area contributed by atoms with E-state index in [1.54, 1.807) is 58.2 Å². The van der Waals surface area contributed by atoms with Gasteiger partial charge in [-0.2, -0.15) is 0 Å². The Morgan fingerprint density at radius 2 is 1.77 bits per heavy atom. The van der Waals surface area contributed by atoms with Crippen LogP contribution in [-0.4, -0.2) is 28.9 Å². The Morgan fingerprint density at radius 3 is 2.39 bits per heavy atom. The monoisotopic (exact) mass is 440 g/mol. The number of thiocarbonyl (C=S) groups is 1. The molecule has 0 aliphatic carbocycles. The summed E-state index contributed by atoms with van der Waals surface area (Å²) in [5.41, 5.74) is 0.805. The van der Waals surface area contributed by atoms with Crippen molar-refractivity contribution >= 4 is 29.0 Å². The lowest BCUT2D eigenvalue weighted by molar-refractivity contribution is 0.0604. The molecule has 0 fully saturated rings. The van der Waals surface area contributed by atoms with E-state index < -0.39 is 11.7 Å². The van der Waals surface area contributed by atoms with E-state index in [9.17, 15) is 4.79 Å². The van der Waals surface area contributed by atoms with Gasteiger partial charge in [0.15, 0.2) is 10.7 Å². The number of carbonyl (C=O) groups excluding carboxylic acids is 1. The predicted octanol–water partition coefficient (Wildman–Crippen LogP) is 5.38. The molecule has 0 atom stereocenters. The molecule has 0 N–H and O–H groups in total. The molecule has 162 valence electrons. The lowest BCUT2D eigenvalue weighted by Crippen LogP contribution is -2.40. The van der Waals surface area contributed by atoms with Crippen LogP contribution in [-0.2, 0) is 11.3 Å². The highest BCUT2D eigenvalue weighted by Crippen LogP contribution is 2.23. The van der Waals surface area contributed by atoms with Crippen molar-refractivity contribution in [3.63, 3.8) is 0 Å². The van der Waals surface area contributed by atoms with E-state index in [4.69, 9.17) is 31.0 Å². The van der Waals surface area contributed by atoms with Gasteiger partial charge in [-0.25, -0.2) is 9.69 Å². The smallest absolute Gasteiger partial charge is 0.420 e. The van der Waals surface area contributed by atoms with Crippen molar-refractivity contribution in [2.75, 3.05) is 12.0 Å². The average Bonchev–Trinajstić information content (AvgIpc) is 3.21.